The smallest absolute Gasteiger partial charge is 0.254 e. The monoisotopic (exact) mass is 621 g/mol. The standard InChI is InChI=1S/C38H35N7O2/c1-43-36-30(14-27(17-34(36)47-2)38(46)45-20-26-9-12-31(45)35(26)40)42-37(43)33-16-25-6-5-23(15-32(25)44(33)19-21-3-4-21)22-8-11-29-24(13-22)7-10-28(18-39)41-29/h5-8,10-11,13-17,21,26,31,35H,3-4,9,12,19-20,40H2,1-2H3. The van der Waals surface area contributed by atoms with E-state index in [-0.39, 0.29) is 18.0 Å². The Morgan fingerprint density at radius 3 is 2.51 bits per heavy atom. The third kappa shape index (κ3) is 4.43. The number of imidazole rings is 1. The van der Waals surface area contributed by atoms with E-state index in [2.05, 4.69) is 56.6 Å². The molecule has 3 atom stereocenters. The molecule has 2 N–H and O–H groups in total. The van der Waals surface area contributed by atoms with Gasteiger partial charge in [-0.1, -0.05) is 18.2 Å². The molecule has 2 aliphatic carbocycles. The van der Waals surface area contributed by atoms with E-state index in [0.717, 1.165) is 81.4 Å². The van der Waals surface area contributed by atoms with Crippen LogP contribution in [-0.2, 0) is 13.6 Å². The van der Waals surface area contributed by atoms with E-state index in [1.54, 1.807) is 13.2 Å². The Kier molecular flexibility index (Phi) is 6.21. The quantitative estimate of drug-likeness (QED) is 0.235. The van der Waals surface area contributed by atoms with Gasteiger partial charge in [0.1, 0.15) is 23.0 Å². The summed E-state index contributed by atoms with van der Waals surface area (Å²) < 4.78 is 10.4. The number of nitrogens with two attached hydrogens (primary N) is 1. The number of carbonyl (C=O) groups is 1. The third-order valence-electron chi connectivity index (χ3n) is 10.7. The molecule has 1 aliphatic heterocycles. The average molecular weight is 622 g/mol. The molecule has 0 spiro atoms. The number of nitrogens with zero attached hydrogens (tertiary/aromatic N) is 6. The summed E-state index contributed by atoms with van der Waals surface area (Å²) in [5, 5.41) is 11.4. The Hall–Kier alpha value is -5.20. The highest BCUT2D eigenvalue weighted by Gasteiger charge is 2.47. The topological polar surface area (TPSA) is 115 Å². The number of aromatic nitrogens is 4. The van der Waals surface area contributed by atoms with Crippen LogP contribution in [0.15, 0.2) is 66.7 Å². The zero-order chi connectivity index (χ0) is 32.0. The Labute approximate surface area is 272 Å². The molecule has 3 fully saturated rings. The number of benzene rings is 3. The van der Waals surface area contributed by atoms with Gasteiger partial charge in [0, 0.05) is 54.1 Å². The number of carbonyl (C=O) groups excluding carboxylic acids is 1. The first-order chi connectivity index (χ1) is 22.9. The number of ether oxygens (including phenoxy) is 1. The lowest BCUT2D eigenvalue weighted by atomic mass is 10.0. The molecule has 9 heteroatoms. The Bertz CT molecular complexity index is 2310. The molecule has 4 heterocycles. The van der Waals surface area contributed by atoms with E-state index < -0.39 is 0 Å². The van der Waals surface area contributed by atoms with E-state index >= 15 is 0 Å². The van der Waals surface area contributed by atoms with Gasteiger partial charge < -0.3 is 24.5 Å². The van der Waals surface area contributed by atoms with Crippen molar-refractivity contribution in [1.29, 1.82) is 5.26 Å². The lowest BCUT2D eigenvalue weighted by molar-refractivity contribution is 0.0700. The summed E-state index contributed by atoms with van der Waals surface area (Å²) in [4.78, 5) is 25.3. The summed E-state index contributed by atoms with van der Waals surface area (Å²) in [5.74, 6) is 2.52. The van der Waals surface area contributed by atoms with E-state index in [4.69, 9.17) is 15.5 Å². The number of nitriles is 1. The lowest BCUT2D eigenvalue weighted by Gasteiger charge is -2.27. The van der Waals surface area contributed by atoms with Crippen molar-refractivity contribution in [3.8, 4) is 34.5 Å². The highest BCUT2D eigenvalue weighted by atomic mass is 16.5. The second-order valence-corrected chi connectivity index (χ2v) is 13.6. The van der Waals surface area contributed by atoms with Crippen LogP contribution >= 0.6 is 0 Å². The van der Waals surface area contributed by atoms with Crippen molar-refractivity contribution in [2.45, 2.75) is 44.3 Å². The lowest BCUT2D eigenvalue weighted by Crippen LogP contribution is -2.41. The highest BCUT2D eigenvalue weighted by Crippen LogP contribution is 2.41. The molecule has 3 aromatic heterocycles. The number of pyridine rings is 1. The summed E-state index contributed by atoms with van der Waals surface area (Å²) >= 11 is 0. The summed E-state index contributed by atoms with van der Waals surface area (Å²) in [7, 11) is 3.68. The third-order valence-corrected chi connectivity index (χ3v) is 10.7. The van der Waals surface area contributed by atoms with Gasteiger partial charge in [0.05, 0.1) is 23.8 Å². The van der Waals surface area contributed by atoms with Crippen molar-refractivity contribution in [2.75, 3.05) is 13.7 Å². The van der Waals surface area contributed by atoms with Crippen molar-refractivity contribution in [2.24, 2.45) is 24.6 Å². The minimum Gasteiger partial charge on any atom is -0.494 e. The van der Waals surface area contributed by atoms with E-state index in [1.807, 2.05) is 36.2 Å². The fourth-order valence-electron chi connectivity index (χ4n) is 8.01. The molecule has 3 aliphatic rings. The minimum absolute atomic E-state index is 0.00500. The molecule has 9 rings (SSSR count). The fraction of sp³-hybridized carbons (Fsp3) is 0.316. The maximum atomic E-state index is 13.8. The Balaban J connectivity index is 1.14. The molecule has 47 heavy (non-hydrogen) atoms. The summed E-state index contributed by atoms with van der Waals surface area (Å²) in [5.41, 5.74) is 14.3. The highest BCUT2D eigenvalue weighted by molar-refractivity contribution is 6.01. The van der Waals surface area contributed by atoms with Crippen LogP contribution < -0.4 is 10.5 Å². The molecule has 234 valence electrons. The Morgan fingerprint density at radius 2 is 1.77 bits per heavy atom. The average Bonchev–Trinajstić information content (AvgIpc) is 3.50. The molecule has 3 aromatic carbocycles. The first-order valence-corrected chi connectivity index (χ1v) is 16.5. The maximum Gasteiger partial charge on any atom is 0.254 e. The van der Waals surface area contributed by atoms with Crippen LogP contribution in [0.25, 0.3) is 55.5 Å². The number of methoxy groups -OCH3 is 1. The van der Waals surface area contributed by atoms with Gasteiger partial charge in [-0.15, -0.1) is 0 Å². The van der Waals surface area contributed by atoms with Gasteiger partial charge in [-0.3, -0.25) is 4.79 Å². The molecule has 6 aromatic rings. The van der Waals surface area contributed by atoms with Gasteiger partial charge >= 0.3 is 0 Å². The molecule has 3 unspecified atom stereocenters. The van der Waals surface area contributed by atoms with Gasteiger partial charge in [-0.05, 0) is 97.2 Å². The van der Waals surface area contributed by atoms with Gasteiger partial charge in [-0.2, -0.15) is 5.26 Å². The number of piperidine rings is 1. The zero-order valence-electron chi connectivity index (χ0n) is 26.5. The van der Waals surface area contributed by atoms with Crippen molar-refractivity contribution >= 4 is 38.7 Å². The predicted molar refractivity (Wildman–Crippen MR) is 182 cm³/mol. The van der Waals surface area contributed by atoms with E-state index in [1.165, 1.54) is 12.8 Å². The molecule has 1 amide bonds. The van der Waals surface area contributed by atoms with Crippen LogP contribution in [0.5, 0.6) is 5.75 Å². The van der Waals surface area contributed by atoms with Gasteiger partial charge in [0.2, 0.25) is 0 Å². The van der Waals surface area contributed by atoms with Gasteiger partial charge in [0.25, 0.3) is 5.91 Å². The molecule has 1 saturated heterocycles. The maximum absolute atomic E-state index is 13.8. The van der Waals surface area contributed by atoms with Gasteiger partial charge in [0.15, 0.2) is 5.82 Å². The number of amides is 1. The Morgan fingerprint density at radius 1 is 0.957 bits per heavy atom. The minimum atomic E-state index is 0.00500. The van der Waals surface area contributed by atoms with Crippen LogP contribution in [-0.4, -0.2) is 55.6 Å². The van der Waals surface area contributed by atoms with Crippen LogP contribution in [0.1, 0.15) is 41.7 Å². The van der Waals surface area contributed by atoms with E-state index in [9.17, 15) is 10.1 Å². The summed E-state index contributed by atoms with van der Waals surface area (Å²) in [6.45, 7) is 1.64. The molecule has 0 radical (unpaired) electrons. The predicted octanol–water partition coefficient (Wildman–Crippen LogP) is 6.26. The first kappa shape index (κ1) is 28.1. The molecule has 2 saturated carbocycles. The molecule has 2 bridgehead atoms. The van der Waals surface area contributed by atoms with Crippen molar-refractivity contribution in [3.05, 3.63) is 78.0 Å². The number of rotatable bonds is 6. The fourth-order valence-corrected chi connectivity index (χ4v) is 8.01. The molecular formula is C38H35N7O2. The van der Waals surface area contributed by atoms with E-state index in [0.29, 0.717) is 28.8 Å². The van der Waals surface area contributed by atoms with Crippen molar-refractivity contribution < 1.29 is 9.53 Å². The number of hydrogen-bond donors (Lipinski definition) is 1. The number of fused-ring (bicyclic) bond motifs is 5. The normalized spacial score (nSPS) is 20.5. The van der Waals surface area contributed by atoms with Crippen LogP contribution in [0.4, 0.5) is 0 Å². The van der Waals surface area contributed by atoms with Crippen LogP contribution in [0.2, 0.25) is 0 Å². The van der Waals surface area contributed by atoms with Gasteiger partial charge in [-0.25, -0.2) is 9.97 Å². The largest absolute Gasteiger partial charge is 0.494 e. The summed E-state index contributed by atoms with van der Waals surface area (Å²) in [6, 6.07) is 24.9. The SMILES string of the molecule is COc1cc(C(=O)N2CC3CCC2C3N)cc2nc(-c3cc4ccc(-c5ccc6nc(C#N)ccc6c5)cc4n3CC3CC3)n(C)c12. The number of hydrogen-bond acceptors (Lipinski definition) is 6. The number of aryl methyl sites for hydroxylation is 1. The first-order valence-electron chi connectivity index (χ1n) is 16.5. The molecule has 9 nitrogen and oxygen atoms in total. The molecular weight excluding hydrogens is 586 g/mol. The van der Waals surface area contributed by atoms with Crippen molar-refractivity contribution in [1.82, 2.24) is 24.0 Å². The second kappa shape index (κ2) is 10.4. The summed E-state index contributed by atoms with van der Waals surface area (Å²) in [6.07, 6.45) is 4.52. The van der Waals surface area contributed by atoms with Crippen LogP contribution in [0.3, 0.4) is 0 Å². The van der Waals surface area contributed by atoms with Crippen molar-refractivity contribution in [3.63, 3.8) is 0 Å². The zero-order valence-corrected chi connectivity index (χ0v) is 26.5. The number of likely N-dealkylation sites (tertiary alicyclic amines) is 1. The van der Waals surface area contributed by atoms with Crippen LogP contribution in [0, 0.1) is 23.2 Å². The second-order valence-electron chi connectivity index (χ2n) is 13.6.